The number of piperazine rings is 1. The number of fused-ring (bicyclic) bond motifs is 1. The molecule has 1 N–H and O–H groups in total. The lowest BCUT2D eigenvalue weighted by atomic mass is 10.2. The van der Waals surface area contributed by atoms with Gasteiger partial charge in [0.15, 0.2) is 0 Å². The van der Waals surface area contributed by atoms with E-state index >= 15 is 0 Å². The summed E-state index contributed by atoms with van der Waals surface area (Å²) in [6, 6.07) is 1.85. The van der Waals surface area contributed by atoms with Gasteiger partial charge in [0.25, 0.3) is 5.91 Å². The molecule has 7 nitrogen and oxygen atoms in total. The molecule has 0 radical (unpaired) electrons. The van der Waals surface area contributed by atoms with Gasteiger partial charge in [-0.05, 0) is 13.1 Å². The third-order valence-electron chi connectivity index (χ3n) is 3.84. The second-order valence-electron chi connectivity index (χ2n) is 5.63. The SMILES string of the molecule is CN1CCN(c2ncnc3[nH]c(C(=O)N(C)C)cc23)CC1. The Hall–Kier alpha value is -2.15. The van der Waals surface area contributed by atoms with Crippen LogP contribution in [0.2, 0.25) is 0 Å². The third-order valence-corrected chi connectivity index (χ3v) is 3.84. The lowest BCUT2D eigenvalue weighted by Crippen LogP contribution is -2.44. The van der Waals surface area contributed by atoms with E-state index in [-0.39, 0.29) is 5.91 Å². The molecule has 0 aromatic carbocycles. The van der Waals surface area contributed by atoms with Crippen LogP contribution in [0, 0.1) is 0 Å². The number of hydrogen-bond donors (Lipinski definition) is 1. The van der Waals surface area contributed by atoms with Crippen LogP contribution in [-0.2, 0) is 0 Å². The lowest BCUT2D eigenvalue weighted by molar-refractivity contribution is 0.0823. The van der Waals surface area contributed by atoms with Gasteiger partial charge in [0.05, 0.1) is 5.39 Å². The Bertz CT molecular complexity index is 657. The van der Waals surface area contributed by atoms with Crippen LogP contribution in [0.3, 0.4) is 0 Å². The minimum absolute atomic E-state index is 0.0580. The number of likely N-dealkylation sites (N-methyl/N-ethyl adjacent to an activating group) is 1. The molecule has 0 atom stereocenters. The zero-order chi connectivity index (χ0) is 15.0. The van der Waals surface area contributed by atoms with Gasteiger partial charge < -0.3 is 19.7 Å². The van der Waals surface area contributed by atoms with E-state index in [0.29, 0.717) is 11.3 Å². The van der Waals surface area contributed by atoms with Crippen LogP contribution in [0.25, 0.3) is 11.0 Å². The zero-order valence-corrected chi connectivity index (χ0v) is 12.6. The number of rotatable bonds is 2. The molecule has 7 heteroatoms. The van der Waals surface area contributed by atoms with Gasteiger partial charge in [-0.15, -0.1) is 0 Å². The second kappa shape index (κ2) is 5.33. The van der Waals surface area contributed by atoms with Crippen molar-refractivity contribution in [1.29, 1.82) is 0 Å². The number of nitrogens with zero attached hydrogens (tertiary/aromatic N) is 5. The molecular weight excluding hydrogens is 268 g/mol. The topological polar surface area (TPSA) is 68.4 Å². The minimum atomic E-state index is -0.0580. The summed E-state index contributed by atoms with van der Waals surface area (Å²) in [6.07, 6.45) is 1.55. The van der Waals surface area contributed by atoms with E-state index < -0.39 is 0 Å². The van der Waals surface area contributed by atoms with Crippen molar-refractivity contribution >= 4 is 22.8 Å². The fraction of sp³-hybridized carbons (Fsp3) is 0.500. The molecule has 21 heavy (non-hydrogen) atoms. The molecule has 1 aliphatic heterocycles. The van der Waals surface area contributed by atoms with Crippen LogP contribution in [0.4, 0.5) is 5.82 Å². The average molecular weight is 288 g/mol. The molecule has 0 aliphatic carbocycles. The molecule has 0 spiro atoms. The Kier molecular flexibility index (Phi) is 3.50. The van der Waals surface area contributed by atoms with E-state index in [0.717, 1.165) is 37.4 Å². The molecule has 3 rings (SSSR count). The zero-order valence-electron chi connectivity index (χ0n) is 12.6. The van der Waals surface area contributed by atoms with Crippen molar-refractivity contribution in [1.82, 2.24) is 24.8 Å². The van der Waals surface area contributed by atoms with Gasteiger partial charge in [-0.1, -0.05) is 0 Å². The molecule has 0 bridgehead atoms. The first-order valence-corrected chi connectivity index (χ1v) is 7.05. The Morgan fingerprint density at radius 1 is 1.24 bits per heavy atom. The summed E-state index contributed by atoms with van der Waals surface area (Å²) in [5.74, 6) is 0.847. The maximum Gasteiger partial charge on any atom is 0.269 e. The second-order valence-corrected chi connectivity index (χ2v) is 5.63. The van der Waals surface area contributed by atoms with Gasteiger partial charge in [0.1, 0.15) is 23.5 Å². The van der Waals surface area contributed by atoms with E-state index in [2.05, 4.69) is 31.8 Å². The lowest BCUT2D eigenvalue weighted by Gasteiger charge is -2.33. The highest BCUT2D eigenvalue weighted by atomic mass is 16.2. The van der Waals surface area contributed by atoms with Crippen LogP contribution in [0.5, 0.6) is 0 Å². The van der Waals surface area contributed by atoms with Gasteiger partial charge >= 0.3 is 0 Å². The molecule has 2 aromatic heterocycles. The molecule has 0 saturated carbocycles. The van der Waals surface area contributed by atoms with Gasteiger partial charge in [0.2, 0.25) is 0 Å². The van der Waals surface area contributed by atoms with Gasteiger partial charge in [-0.25, -0.2) is 9.97 Å². The number of aromatic nitrogens is 3. The molecule has 0 unspecified atom stereocenters. The van der Waals surface area contributed by atoms with Crippen molar-refractivity contribution in [2.24, 2.45) is 0 Å². The van der Waals surface area contributed by atoms with Crippen LogP contribution in [0.1, 0.15) is 10.5 Å². The van der Waals surface area contributed by atoms with Gasteiger partial charge in [-0.2, -0.15) is 0 Å². The third kappa shape index (κ3) is 2.56. The predicted octanol–water partition coefficient (Wildman–Crippen LogP) is 0.411. The molecule has 1 saturated heterocycles. The molecule has 1 fully saturated rings. The number of amides is 1. The van der Waals surface area contributed by atoms with Crippen LogP contribution in [0.15, 0.2) is 12.4 Å². The summed E-state index contributed by atoms with van der Waals surface area (Å²) in [4.78, 5) is 29.9. The number of hydrogen-bond acceptors (Lipinski definition) is 5. The van der Waals surface area contributed by atoms with Crippen LogP contribution in [-0.4, -0.2) is 78.0 Å². The largest absolute Gasteiger partial charge is 0.353 e. The number of anilines is 1. The first-order chi connectivity index (χ1) is 10.1. The summed E-state index contributed by atoms with van der Waals surface area (Å²) < 4.78 is 0. The molecule has 1 amide bonds. The molecule has 2 aromatic rings. The van der Waals surface area contributed by atoms with Crippen LogP contribution >= 0.6 is 0 Å². The number of carbonyl (C=O) groups is 1. The number of carbonyl (C=O) groups excluding carboxylic acids is 1. The smallest absolute Gasteiger partial charge is 0.269 e. The van der Waals surface area contributed by atoms with Crippen molar-refractivity contribution in [3.8, 4) is 0 Å². The standard InChI is InChI=1S/C14H20N6O/c1-18(2)14(21)11-8-10-12(17-11)15-9-16-13(10)20-6-4-19(3)5-7-20/h8-9H,4-7H2,1-3H3,(H,15,16,17). The fourth-order valence-electron chi connectivity index (χ4n) is 2.55. The average Bonchev–Trinajstić information content (AvgIpc) is 2.91. The van der Waals surface area contributed by atoms with E-state index in [1.165, 1.54) is 0 Å². The Labute approximate surface area is 123 Å². The fourth-order valence-corrected chi connectivity index (χ4v) is 2.55. The van der Waals surface area contributed by atoms with Crippen molar-refractivity contribution in [3.63, 3.8) is 0 Å². The van der Waals surface area contributed by atoms with E-state index in [9.17, 15) is 4.79 Å². The number of nitrogens with one attached hydrogen (secondary N) is 1. The minimum Gasteiger partial charge on any atom is -0.353 e. The normalized spacial score (nSPS) is 16.4. The van der Waals surface area contributed by atoms with Crippen molar-refractivity contribution < 1.29 is 4.79 Å². The molecule has 1 aliphatic rings. The molecular formula is C14H20N6O. The van der Waals surface area contributed by atoms with E-state index in [1.54, 1.807) is 25.3 Å². The first-order valence-electron chi connectivity index (χ1n) is 7.05. The Morgan fingerprint density at radius 3 is 2.62 bits per heavy atom. The highest BCUT2D eigenvalue weighted by Crippen LogP contribution is 2.24. The Balaban J connectivity index is 1.98. The summed E-state index contributed by atoms with van der Waals surface area (Å²) in [7, 11) is 5.60. The van der Waals surface area contributed by atoms with E-state index in [1.807, 2.05) is 6.07 Å². The molecule has 3 heterocycles. The van der Waals surface area contributed by atoms with Crippen molar-refractivity contribution in [2.75, 3.05) is 52.2 Å². The summed E-state index contributed by atoms with van der Waals surface area (Å²) in [6.45, 7) is 3.90. The monoisotopic (exact) mass is 288 g/mol. The van der Waals surface area contributed by atoms with Crippen molar-refractivity contribution in [2.45, 2.75) is 0 Å². The summed E-state index contributed by atoms with van der Waals surface area (Å²) >= 11 is 0. The highest BCUT2D eigenvalue weighted by Gasteiger charge is 2.20. The molecule has 112 valence electrons. The summed E-state index contributed by atoms with van der Waals surface area (Å²) in [5.41, 5.74) is 1.26. The van der Waals surface area contributed by atoms with E-state index in [4.69, 9.17) is 0 Å². The maximum absolute atomic E-state index is 12.1. The maximum atomic E-state index is 12.1. The Morgan fingerprint density at radius 2 is 1.95 bits per heavy atom. The number of aromatic amines is 1. The quantitative estimate of drug-likeness (QED) is 0.867. The van der Waals surface area contributed by atoms with Gasteiger partial charge in [0, 0.05) is 40.3 Å². The summed E-state index contributed by atoms with van der Waals surface area (Å²) in [5, 5.41) is 0.909. The number of H-pyrrole nitrogens is 1. The first kappa shape index (κ1) is 13.8. The van der Waals surface area contributed by atoms with Crippen molar-refractivity contribution in [3.05, 3.63) is 18.1 Å². The van der Waals surface area contributed by atoms with Crippen LogP contribution < -0.4 is 4.90 Å². The predicted molar refractivity (Wildman–Crippen MR) is 81.6 cm³/mol. The van der Waals surface area contributed by atoms with Gasteiger partial charge in [-0.3, -0.25) is 4.79 Å². The highest BCUT2D eigenvalue weighted by molar-refractivity contribution is 5.99.